The first-order valence-corrected chi connectivity index (χ1v) is 12.5. The van der Waals surface area contributed by atoms with Crippen molar-refractivity contribution in [2.24, 2.45) is 4.99 Å². The average Bonchev–Trinajstić information content (AvgIpc) is 3.05. The van der Waals surface area contributed by atoms with Gasteiger partial charge in [-0.15, -0.1) is 11.3 Å². The van der Waals surface area contributed by atoms with Crippen molar-refractivity contribution in [2.75, 3.05) is 11.4 Å². The first-order chi connectivity index (χ1) is 16.8. The Labute approximate surface area is 213 Å². The van der Waals surface area contributed by atoms with Crippen LogP contribution in [-0.4, -0.2) is 40.9 Å². The number of anilines is 1. The van der Waals surface area contributed by atoms with E-state index in [2.05, 4.69) is 10.3 Å². The minimum absolute atomic E-state index is 0.117. The summed E-state index contributed by atoms with van der Waals surface area (Å²) in [6, 6.07) is 10.6. The van der Waals surface area contributed by atoms with Crippen molar-refractivity contribution >= 4 is 51.2 Å². The van der Waals surface area contributed by atoms with Gasteiger partial charge in [-0.25, -0.2) is 0 Å². The highest BCUT2D eigenvalue weighted by atomic mass is 35.5. The maximum absolute atomic E-state index is 12.6. The van der Waals surface area contributed by atoms with E-state index in [9.17, 15) is 4.79 Å². The van der Waals surface area contributed by atoms with E-state index in [1.54, 1.807) is 35.6 Å². The predicted octanol–water partition coefficient (Wildman–Crippen LogP) is 5.16. The molecule has 7 nitrogen and oxygen atoms in total. The van der Waals surface area contributed by atoms with Gasteiger partial charge in [0.05, 0.1) is 5.71 Å². The molecule has 2 aromatic heterocycles. The van der Waals surface area contributed by atoms with Crippen LogP contribution >= 0.6 is 22.9 Å². The van der Waals surface area contributed by atoms with Crippen molar-refractivity contribution in [3.05, 3.63) is 80.9 Å². The fourth-order valence-corrected chi connectivity index (χ4v) is 5.34. The summed E-state index contributed by atoms with van der Waals surface area (Å²) in [6.07, 6.45) is 4.36. The van der Waals surface area contributed by atoms with Gasteiger partial charge < -0.3 is 5.32 Å². The molecule has 35 heavy (non-hydrogen) atoms. The molecule has 3 heterocycles. The van der Waals surface area contributed by atoms with Crippen LogP contribution < -0.4 is 10.2 Å². The Bertz CT molecular complexity index is 1300. The standard InChI is InChI=1S/C26H27ClN6OS/c1-15-16(2)35-26-23(15)24(19-7-9-20(27)10-8-19)32-21(25(29)33(26)17(3)28)14-31-22(34)11-6-18-5-4-12-30-13-18/h4-5,7-10,12-13,21,28-29H,6,11,14H2,1-3H3,(H,31,34)/t21-/m0/s1. The number of hydrogen-bond donors (Lipinski definition) is 3. The summed E-state index contributed by atoms with van der Waals surface area (Å²) in [4.78, 5) is 24.4. The van der Waals surface area contributed by atoms with Gasteiger partial charge in [0.25, 0.3) is 0 Å². The van der Waals surface area contributed by atoms with E-state index in [4.69, 9.17) is 27.4 Å². The molecule has 4 rings (SSSR count). The van der Waals surface area contributed by atoms with Crippen molar-refractivity contribution in [3.63, 3.8) is 0 Å². The third-order valence-electron chi connectivity index (χ3n) is 5.96. The molecule has 0 fully saturated rings. The molecule has 1 aliphatic rings. The number of aryl methyl sites for hydroxylation is 2. The van der Waals surface area contributed by atoms with Crippen molar-refractivity contribution in [1.29, 1.82) is 10.8 Å². The first-order valence-electron chi connectivity index (χ1n) is 11.3. The summed E-state index contributed by atoms with van der Waals surface area (Å²) >= 11 is 7.68. The lowest BCUT2D eigenvalue weighted by Crippen LogP contribution is -2.45. The zero-order chi connectivity index (χ0) is 25.1. The summed E-state index contributed by atoms with van der Waals surface area (Å²) in [5.74, 6) is 0.281. The van der Waals surface area contributed by atoms with E-state index in [0.717, 1.165) is 37.8 Å². The summed E-state index contributed by atoms with van der Waals surface area (Å²) < 4.78 is 0. The molecule has 0 saturated heterocycles. The van der Waals surface area contributed by atoms with Crippen LogP contribution in [0.25, 0.3) is 0 Å². The molecular weight excluding hydrogens is 480 g/mol. The quantitative estimate of drug-likeness (QED) is 0.317. The van der Waals surface area contributed by atoms with E-state index in [1.807, 2.05) is 50.2 Å². The lowest BCUT2D eigenvalue weighted by Gasteiger charge is -2.25. The van der Waals surface area contributed by atoms with Gasteiger partial charge >= 0.3 is 0 Å². The Kier molecular flexibility index (Phi) is 7.42. The Morgan fingerprint density at radius 2 is 1.97 bits per heavy atom. The van der Waals surface area contributed by atoms with Gasteiger partial charge in [-0.2, -0.15) is 0 Å². The van der Waals surface area contributed by atoms with E-state index < -0.39 is 6.04 Å². The van der Waals surface area contributed by atoms with Crippen LogP contribution in [0.1, 0.15) is 40.5 Å². The zero-order valence-corrected chi connectivity index (χ0v) is 21.4. The number of nitrogens with one attached hydrogen (secondary N) is 3. The number of rotatable bonds is 6. The van der Waals surface area contributed by atoms with Crippen LogP contribution in [-0.2, 0) is 11.2 Å². The molecule has 0 spiro atoms. The van der Waals surface area contributed by atoms with E-state index in [-0.39, 0.29) is 24.1 Å². The third-order valence-corrected chi connectivity index (χ3v) is 7.40. The van der Waals surface area contributed by atoms with Crippen LogP contribution in [0, 0.1) is 24.7 Å². The van der Waals surface area contributed by atoms with Gasteiger partial charge in [-0.1, -0.05) is 29.8 Å². The first kappa shape index (κ1) is 24.8. The van der Waals surface area contributed by atoms with Crippen LogP contribution in [0.5, 0.6) is 0 Å². The second-order valence-corrected chi connectivity index (χ2v) is 10.1. The Hall–Kier alpha value is -3.36. The van der Waals surface area contributed by atoms with Gasteiger partial charge in [0.15, 0.2) is 0 Å². The number of fused-ring (bicyclic) bond motifs is 1. The number of amidine groups is 2. The van der Waals surface area contributed by atoms with Crippen molar-refractivity contribution in [3.8, 4) is 0 Å². The van der Waals surface area contributed by atoms with Gasteiger partial charge in [0, 0.05) is 46.4 Å². The Balaban J connectivity index is 1.66. The second-order valence-electron chi connectivity index (χ2n) is 8.44. The molecule has 3 aromatic rings. The van der Waals surface area contributed by atoms with Gasteiger partial charge in [-0.3, -0.25) is 30.5 Å². The molecular formula is C26H27ClN6OS. The lowest BCUT2D eigenvalue weighted by molar-refractivity contribution is -0.121. The number of pyridine rings is 1. The fraction of sp³-hybridized carbons (Fsp3) is 0.269. The minimum Gasteiger partial charge on any atom is -0.353 e. The average molecular weight is 507 g/mol. The maximum atomic E-state index is 12.6. The smallest absolute Gasteiger partial charge is 0.220 e. The van der Waals surface area contributed by atoms with Crippen LogP contribution in [0.3, 0.4) is 0 Å². The molecule has 3 N–H and O–H groups in total. The SMILES string of the molecule is CC(=N)N1C(=N)[C@H](CNC(=O)CCc2cccnc2)N=C(c2ccc(Cl)cc2)c2c1sc(C)c2C. The van der Waals surface area contributed by atoms with Gasteiger partial charge in [0.1, 0.15) is 22.7 Å². The van der Waals surface area contributed by atoms with Gasteiger partial charge in [-0.05, 0) is 56.5 Å². The number of aliphatic imine (C=N–C) groups is 1. The van der Waals surface area contributed by atoms with Crippen molar-refractivity contribution in [1.82, 2.24) is 10.3 Å². The monoisotopic (exact) mass is 506 g/mol. The highest BCUT2D eigenvalue weighted by Crippen LogP contribution is 2.39. The molecule has 1 amide bonds. The topological polar surface area (TPSA) is 105 Å². The maximum Gasteiger partial charge on any atom is 0.220 e. The summed E-state index contributed by atoms with van der Waals surface area (Å²) in [5, 5.41) is 21.8. The Morgan fingerprint density at radius 1 is 1.23 bits per heavy atom. The molecule has 0 saturated carbocycles. The Morgan fingerprint density at radius 3 is 2.63 bits per heavy atom. The van der Waals surface area contributed by atoms with E-state index in [0.29, 0.717) is 17.9 Å². The molecule has 1 atom stereocenters. The van der Waals surface area contributed by atoms with Crippen LogP contribution in [0.15, 0.2) is 53.8 Å². The van der Waals surface area contributed by atoms with E-state index >= 15 is 0 Å². The molecule has 1 aliphatic heterocycles. The molecule has 0 aliphatic carbocycles. The molecule has 9 heteroatoms. The molecule has 0 radical (unpaired) electrons. The number of aromatic nitrogens is 1. The summed E-state index contributed by atoms with van der Waals surface area (Å²) in [7, 11) is 0. The zero-order valence-electron chi connectivity index (χ0n) is 19.9. The third kappa shape index (κ3) is 5.33. The fourth-order valence-electron chi connectivity index (χ4n) is 3.99. The number of hydrogen-bond acceptors (Lipinski definition) is 6. The molecule has 1 aromatic carbocycles. The number of halogens is 1. The summed E-state index contributed by atoms with van der Waals surface area (Å²) in [5.41, 5.74) is 4.59. The second kappa shape index (κ2) is 10.5. The number of carbonyl (C=O) groups excluding carboxylic acids is 1. The number of benzene rings is 1. The predicted molar refractivity (Wildman–Crippen MR) is 144 cm³/mol. The van der Waals surface area contributed by atoms with Crippen LogP contribution in [0.2, 0.25) is 5.02 Å². The number of thiophene rings is 1. The minimum atomic E-state index is -0.650. The number of carbonyl (C=O) groups is 1. The highest BCUT2D eigenvalue weighted by molar-refractivity contribution is 7.17. The van der Waals surface area contributed by atoms with Crippen molar-refractivity contribution in [2.45, 2.75) is 39.7 Å². The lowest BCUT2D eigenvalue weighted by atomic mass is 10.00. The molecule has 180 valence electrons. The molecule has 0 bridgehead atoms. The highest BCUT2D eigenvalue weighted by Gasteiger charge is 2.34. The molecule has 0 unspecified atom stereocenters. The van der Waals surface area contributed by atoms with Crippen LogP contribution in [0.4, 0.5) is 5.00 Å². The number of nitrogens with zero attached hydrogens (tertiary/aromatic N) is 3. The van der Waals surface area contributed by atoms with E-state index in [1.165, 1.54) is 0 Å². The summed E-state index contributed by atoms with van der Waals surface area (Å²) in [6.45, 7) is 5.91. The van der Waals surface area contributed by atoms with Crippen molar-refractivity contribution < 1.29 is 4.79 Å². The normalized spacial score (nSPS) is 15.3. The largest absolute Gasteiger partial charge is 0.353 e. The van der Waals surface area contributed by atoms with Gasteiger partial charge in [0.2, 0.25) is 5.91 Å². The number of amides is 1.